The minimum atomic E-state index is -0.852. The second-order valence-electron chi connectivity index (χ2n) is 4.63. The SMILES string of the molecule is CCC(=O)Nc1cccc(NC(=O)CCCCC(=O)O)c1. The fourth-order valence-electron chi connectivity index (χ4n) is 1.71. The average Bonchev–Trinajstić information content (AvgIpc) is 2.43. The molecule has 6 nitrogen and oxygen atoms in total. The molecular weight excluding hydrogens is 272 g/mol. The molecule has 2 amide bonds. The lowest BCUT2D eigenvalue weighted by Gasteiger charge is -2.08. The van der Waals surface area contributed by atoms with Gasteiger partial charge >= 0.3 is 5.97 Å². The van der Waals surface area contributed by atoms with Gasteiger partial charge in [0.25, 0.3) is 0 Å². The van der Waals surface area contributed by atoms with Gasteiger partial charge in [0.2, 0.25) is 11.8 Å². The maximum atomic E-state index is 11.7. The molecule has 0 aliphatic rings. The Morgan fingerprint density at radius 2 is 1.57 bits per heavy atom. The average molecular weight is 292 g/mol. The molecule has 0 fully saturated rings. The predicted octanol–water partition coefficient (Wildman–Crippen LogP) is 2.62. The minimum Gasteiger partial charge on any atom is -0.481 e. The highest BCUT2D eigenvalue weighted by molar-refractivity contribution is 5.93. The fourth-order valence-corrected chi connectivity index (χ4v) is 1.71. The highest BCUT2D eigenvalue weighted by Gasteiger charge is 2.05. The van der Waals surface area contributed by atoms with Gasteiger partial charge in [0.05, 0.1) is 0 Å². The van der Waals surface area contributed by atoms with Crippen LogP contribution in [0.2, 0.25) is 0 Å². The number of carboxylic acid groups (broad SMARTS) is 1. The largest absolute Gasteiger partial charge is 0.481 e. The van der Waals surface area contributed by atoms with E-state index in [-0.39, 0.29) is 24.7 Å². The summed E-state index contributed by atoms with van der Waals surface area (Å²) in [5, 5.41) is 13.9. The highest BCUT2D eigenvalue weighted by Crippen LogP contribution is 2.16. The summed E-state index contributed by atoms with van der Waals surface area (Å²) >= 11 is 0. The van der Waals surface area contributed by atoms with Crippen LogP contribution in [0.3, 0.4) is 0 Å². The summed E-state index contributed by atoms with van der Waals surface area (Å²) < 4.78 is 0. The molecule has 3 N–H and O–H groups in total. The Kier molecular flexibility index (Phi) is 6.94. The van der Waals surface area contributed by atoms with Crippen LogP contribution >= 0.6 is 0 Å². The van der Waals surface area contributed by atoms with Crippen molar-refractivity contribution in [1.29, 1.82) is 0 Å². The summed E-state index contributed by atoms with van der Waals surface area (Å²) in [6.45, 7) is 1.76. The van der Waals surface area contributed by atoms with E-state index >= 15 is 0 Å². The van der Waals surface area contributed by atoms with Crippen LogP contribution in [0.1, 0.15) is 39.0 Å². The number of carbonyl (C=O) groups is 3. The van der Waals surface area contributed by atoms with Gasteiger partial charge in [0.15, 0.2) is 0 Å². The third-order valence-corrected chi connectivity index (χ3v) is 2.80. The van der Waals surface area contributed by atoms with Crippen molar-refractivity contribution >= 4 is 29.2 Å². The number of amides is 2. The molecule has 0 atom stereocenters. The van der Waals surface area contributed by atoms with Crippen molar-refractivity contribution in [3.05, 3.63) is 24.3 Å². The summed E-state index contributed by atoms with van der Waals surface area (Å²) in [4.78, 5) is 33.3. The van der Waals surface area contributed by atoms with Crippen molar-refractivity contribution in [3.8, 4) is 0 Å². The summed E-state index contributed by atoms with van der Waals surface area (Å²) in [5.41, 5.74) is 1.23. The van der Waals surface area contributed by atoms with Gasteiger partial charge in [-0.15, -0.1) is 0 Å². The van der Waals surface area contributed by atoms with Gasteiger partial charge < -0.3 is 15.7 Å². The maximum Gasteiger partial charge on any atom is 0.303 e. The topological polar surface area (TPSA) is 95.5 Å². The van der Waals surface area contributed by atoms with Crippen LogP contribution in [0.15, 0.2) is 24.3 Å². The monoisotopic (exact) mass is 292 g/mol. The van der Waals surface area contributed by atoms with Crippen molar-refractivity contribution in [2.24, 2.45) is 0 Å². The molecule has 0 spiro atoms. The van der Waals surface area contributed by atoms with E-state index < -0.39 is 5.97 Å². The van der Waals surface area contributed by atoms with Gasteiger partial charge in [-0.25, -0.2) is 0 Å². The summed E-state index contributed by atoms with van der Waals surface area (Å²) in [7, 11) is 0. The van der Waals surface area contributed by atoms with Gasteiger partial charge in [-0.2, -0.15) is 0 Å². The van der Waals surface area contributed by atoms with E-state index in [1.165, 1.54) is 0 Å². The van der Waals surface area contributed by atoms with Crippen LogP contribution in [-0.4, -0.2) is 22.9 Å². The van der Waals surface area contributed by atoms with Gasteiger partial charge in [-0.1, -0.05) is 13.0 Å². The molecule has 1 aromatic carbocycles. The molecule has 1 rings (SSSR count). The molecule has 114 valence electrons. The third-order valence-electron chi connectivity index (χ3n) is 2.80. The molecule has 0 aliphatic heterocycles. The molecule has 0 radical (unpaired) electrons. The van der Waals surface area contributed by atoms with E-state index in [1.54, 1.807) is 31.2 Å². The number of aliphatic carboxylic acids is 1. The first-order chi connectivity index (χ1) is 10.0. The van der Waals surface area contributed by atoms with Crippen molar-refractivity contribution in [3.63, 3.8) is 0 Å². The first kappa shape index (κ1) is 16.7. The number of carbonyl (C=O) groups excluding carboxylic acids is 2. The van der Waals surface area contributed by atoms with Gasteiger partial charge in [0, 0.05) is 30.6 Å². The number of anilines is 2. The number of hydrogen-bond acceptors (Lipinski definition) is 3. The highest BCUT2D eigenvalue weighted by atomic mass is 16.4. The van der Waals surface area contributed by atoms with Crippen LogP contribution < -0.4 is 10.6 Å². The Balaban J connectivity index is 2.43. The van der Waals surface area contributed by atoms with E-state index in [4.69, 9.17) is 5.11 Å². The standard InChI is InChI=1S/C15H20N2O4/c1-2-13(18)16-11-6-5-7-12(10-11)17-14(19)8-3-4-9-15(20)21/h5-7,10H,2-4,8-9H2,1H3,(H,16,18)(H,17,19)(H,20,21). The van der Waals surface area contributed by atoms with E-state index in [9.17, 15) is 14.4 Å². The third kappa shape index (κ3) is 7.10. The van der Waals surface area contributed by atoms with E-state index in [0.29, 0.717) is 30.6 Å². The second-order valence-corrected chi connectivity index (χ2v) is 4.63. The van der Waals surface area contributed by atoms with Gasteiger partial charge in [-0.3, -0.25) is 14.4 Å². The maximum absolute atomic E-state index is 11.7. The number of hydrogen-bond donors (Lipinski definition) is 3. The zero-order valence-electron chi connectivity index (χ0n) is 12.0. The number of carboxylic acids is 1. The zero-order chi connectivity index (χ0) is 15.7. The molecule has 0 bridgehead atoms. The minimum absolute atomic E-state index is 0.0752. The number of rotatable bonds is 8. The molecule has 0 unspecified atom stereocenters. The first-order valence-electron chi connectivity index (χ1n) is 6.93. The normalized spacial score (nSPS) is 9.95. The zero-order valence-corrected chi connectivity index (χ0v) is 12.0. The van der Waals surface area contributed by atoms with Crippen molar-refractivity contribution in [2.45, 2.75) is 39.0 Å². The van der Waals surface area contributed by atoms with Crippen LogP contribution in [-0.2, 0) is 14.4 Å². The first-order valence-corrected chi connectivity index (χ1v) is 6.93. The molecule has 0 saturated heterocycles. The summed E-state index contributed by atoms with van der Waals surface area (Å²) in [6.07, 6.45) is 1.75. The molecule has 0 aromatic heterocycles. The molecule has 0 aliphatic carbocycles. The van der Waals surface area contributed by atoms with Gasteiger partial charge in [-0.05, 0) is 31.0 Å². The van der Waals surface area contributed by atoms with E-state index in [0.717, 1.165) is 0 Å². The number of unbranched alkanes of at least 4 members (excludes halogenated alkanes) is 1. The second kappa shape index (κ2) is 8.73. The Labute approximate surface area is 123 Å². The van der Waals surface area contributed by atoms with Crippen LogP contribution in [0.5, 0.6) is 0 Å². The lowest BCUT2D eigenvalue weighted by Crippen LogP contribution is -2.13. The van der Waals surface area contributed by atoms with Crippen molar-refractivity contribution in [2.75, 3.05) is 10.6 Å². The van der Waals surface area contributed by atoms with E-state index in [1.807, 2.05) is 0 Å². The Morgan fingerprint density at radius 1 is 1.00 bits per heavy atom. The number of nitrogens with one attached hydrogen (secondary N) is 2. The fraction of sp³-hybridized carbons (Fsp3) is 0.400. The Hall–Kier alpha value is -2.37. The molecule has 21 heavy (non-hydrogen) atoms. The molecule has 0 heterocycles. The predicted molar refractivity (Wildman–Crippen MR) is 80.1 cm³/mol. The van der Waals surface area contributed by atoms with Gasteiger partial charge in [0.1, 0.15) is 0 Å². The van der Waals surface area contributed by atoms with Crippen LogP contribution in [0.25, 0.3) is 0 Å². The Morgan fingerprint density at radius 3 is 2.14 bits per heavy atom. The Bertz CT molecular complexity index is 514. The molecule has 0 saturated carbocycles. The lowest BCUT2D eigenvalue weighted by molar-refractivity contribution is -0.137. The summed E-state index contributed by atoms with van der Waals surface area (Å²) in [6, 6.07) is 6.90. The van der Waals surface area contributed by atoms with Crippen molar-refractivity contribution < 1.29 is 19.5 Å². The number of benzene rings is 1. The van der Waals surface area contributed by atoms with Crippen LogP contribution in [0.4, 0.5) is 11.4 Å². The van der Waals surface area contributed by atoms with Crippen molar-refractivity contribution in [1.82, 2.24) is 0 Å². The summed E-state index contributed by atoms with van der Waals surface area (Å²) in [5.74, 6) is -1.11. The lowest BCUT2D eigenvalue weighted by atomic mass is 10.2. The molecular formula is C15H20N2O4. The van der Waals surface area contributed by atoms with E-state index in [2.05, 4.69) is 10.6 Å². The quantitative estimate of drug-likeness (QED) is 0.642. The molecule has 1 aromatic rings. The molecule has 6 heteroatoms. The van der Waals surface area contributed by atoms with Crippen LogP contribution in [0, 0.1) is 0 Å². The smallest absolute Gasteiger partial charge is 0.303 e.